The summed E-state index contributed by atoms with van der Waals surface area (Å²) in [7, 11) is 0. The van der Waals surface area contributed by atoms with Gasteiger partial charge >= 0.3 is 0 Å². The van der Waals surface area contributed by atoms with Gasteiger partial charge in [0.2, 0.25) is 5.78 Å². The van der Waals surface area contributed by atoms with Crippen molar-refractivity contribution in [2.75, 3.05) is 6.54 Å². The van der Waals surface area contributed by atoms with Crippen LogP contribution in [-0.4, -0.2) is 40.6 Å². The number of hydrogen-bond donors (Lipinski definition) is 3. The average Bonchev–Trinajstić information content (AvgIpc) is 2.27. The van der Waals surface area contributed by atoms with Crippen LogP contribution in [0.25, 0.3) is 0 Å². The lowest BCUT2D eigenvalue weighted by atomic mass is 10.2. The zero-order valence-electron chi connectivity index (χ0n) is 6.73. The van der Waals surface area contributed by atoms with Crippen molar-refractivity contribution in [3.05, 3.63) is 0 Å². The number of carbonyl (C=O) groups is 2. The molecule has 1 aliphatic heterocycles. The number of Topliss-reactive ketones (excluding diaryl/α,β-unsaturated/α-hetero) is 1. The molecule has 1 fully saturated rings. The van der Waals surface area contributed by atoms with Crippen molar-refractivity contribution in [2.45, 2.75) is 12.3 Å². The molecule has 0 radical (unpaired) electrons. The van der Waals surface area contributed by atoms with Crippen LogP contribution in [0.4, 0.5) is 0 Å². The van der Waals surface area contributed by atoms with E-state index in [4.69, 9.17) is 12.3 Å². The molecule has 6 nitrogen and oxygen atoms in total. The summed E-state index contributed by atoms with van der Waals surface area (Å²) in [4.78, 5) is 21.8. The zero-order valence-corrected chi connectivity index (χ0v) is 6.73. The molecule has 1 heterocycles. The number of nitrogens with zero attached hydrogens (tertiary/aromatic N) is 1. The van der Waals surface area contributed by atoms with E-state index >= 15 is 0 Å². The molecular formula is C7H9N3O3. The van der Waals surface area contributed by atoms with Crippen LogP contribution in [0.3, 0.4) is 0 Å². The predicted octanol–water partition coefficient (Wildman–Crippen LogP) is -2.82. The number of terminal acetylenes is 1. The van der Waals surface area contributed by atoms with Crippen molar-refractivity contribution in [2.24, 2.45) is 5.84 Å². The van der Waals surface area contributed by atoms with Gasteiger partial charge in [0.15, 0.2) is 6.23 Å². The van der Waals surface area contributed by atoms with Crippen LogP contribution in [0.2, 0.25) is 0 Å². The van der Waals surface area contributed by atoms with Gasteiger partial charge in [0.05, 0.1) is 6.54 Å². The summed E-state index contributed by atoms with van der Waals surface area (Å²) in [5.74, 6) is 5.93. The van der Waals surface area contributed by atoms with Gasteiger partial charge in [0.1, 0.15) is 6.04 Å². The number of hydrogen-bond acceptors (Lipinski definition) is 5. The summed E-state index contributed by atoms with van der Waals surface area (Å²) in [6.45, 7) is -0.0115. The lowest BCUT2D eigenvalue weighted by Gasteiger charge is -2.20. The Morgan fingerprint density at radius 2 is 2.31 bits per heavy atom. The summed E-state index contributed by atoms with van der Waals surface area (Å²) in [5, 5.41) is 12.2. The quantitative estimate of drug-likeness (QED) is 0.186. The molecule has 1 aliphatic rings. The van der Waals surface area contributed by atoms with E-state index in [1.54, 1.807) is 0 Å². The fourth-order valence-corrected chi connectivity index (χ4v) is 1.10. The van der Waals surface area contributed by atoms with Crippen LogP contribution in [0.5, 0.6) is 0 Å². The standard InChI is InChI=1S/C7H9N3O3/c1-2-3-10(8)4-5(11)7(13)9-6(4)12/h1,4,6,12H,3,8H2,(H,9,13). The van der Waals surface area contributed by atoms with E-state index in [-0.39, 0.29) is 6.54 Å². The van der Waals surface area contributed by atoms with Crippen molar-refractivity contribution in [3.63, 3.8) is 0 Å². The van der Waals surface area contributed by atoms with E-state index in [9.17, 15) is 14.7 Å². The molecule has 0 spiro atoms. The SMILES string of the molecule is C#CCN(N)C1C(=O)C(=O)NC1O. The highest BCUT2D eigenvalue weighted by molar-refractivity contribution is 6.40. The summed E-state index contributed by atoms with van der Waals surface area (Å²) >= 11 is 0. The van der Waals surface area contributed by atoms with Gasteiger partial charge in [0, 0.05) is 0 Å². The number of rotatable bonds is 2. The second kappa shape index (κ2) is 3.53. The van der Waals surface area contributed by atoms with Gasteiger partial charge in [-0.15, -0.1) is 6.42 Å². The Kier molecular flexibility index (Phi) is 2.63. The molecule has 0 aliphatic carbocycles. The number of amides is 1. The number of hydrazine groups is 1. The van der Waals surface area contributed by atoms with Crippen LogP contribution in [0.15, 0.2) is 0 Å². The van der Waals surface area contributed by atoms with Gasteiger partial charge in [0.25, 0.3) is 5.91 Å². The number of nitrogens with one attached hydrogen (secondary N) is 1. The minimum atomic E-state index is -1.28. The van der Waals surface area contributed by atoms with Crippen LogP contribution < -0.4 is 11.2 Å². The summed E-state index contributed by atoms with van der Waals surface area (Å²) in [5.41, 5.74) is 0. The molecule has 13 heavy (non-hydrogen) atoms. The first kappa shape index (κ1) is 9.67. The molecule has 1 rings (SSSR count). The van der Waals surface area contributed by atoms with Crippen LogP contribution in [0, 0.1) is 12.3 Å². The summed E-state index contributed by atoms with van der Waals surface area (Å²) in [6, 6.07) is -1.08. The first-order chi connectivity index (χ1) is 6.07. The Labute approximate surface area is 74.7 Å². The minimum Gasteiger partial charge on any atom is -0.371 e. The van der Waals surface area contributed by atoms with Crippen LogP contribution in [-0.2, 0) is 9.59 Å². The second-order valence-electron chi connectivity index (χ2n) is 2.60. The Morgan fingerprint density at radius 3 is 2.69 bits per heavy atom. The molecule has 2 unspecified atom stereocenters. The largest absolute Gasteiger partial charge is 0.371 e. The molecule has 0 aromatic heterocycles. The first-order valence-corrected chi connectivity index (χ1v) is 3.55. The Balaban J connectivity index is 2.75. The highest BCUT2D eigenvalue weighted by Gasteiger charge is 2.42. The van der Waals surface area contributed by atoms with Crippen molar-refractivity contribution in [1.29, 1.82) is 0 Å². The van der Waals surface area contributed by atoms with Crippen molar-refractivity contribution in [1.82, 2.24) is 10.3 Å². The molecule has 70 valence electrons. The molecule has 4 N–H and O–H groups in total. The predicted molar refractivity (Wildman–Crippen MR) is 42.7 cm³/mol. The monoisotopic (exact) mass is 183 g/mol. The summed E-state index contributed by atoms with van der Waals surface area (Å²) in [6.07, 6.45) is 3.67. The first-order valence-electron chi connectivity index (χ1n) is 3.55. The fourth-order valence-electron chi connectivity index (χ4n) is 1.10. The van der Waals surface area contributed by atoms with Gasteiger partial charge in [-0.25, -0.2) is 5.01 Å². The molecule has 1 amide bonds. The molecule has 0 aromatic rings. The van der Waals surface area contributed by atoms with E-state index < -0.39 is 24.0 Å². The van der Waals surface area contributed by atoms with Crippen molar-refractivity contribution in [3.8, 4) is 12.3 Å². The van der Waals surface area contributed by atoms with Gasteiger partial charge in [-0.05, 0) is 0 Å². The molecule has 2 atom stereocenters. The maximum Gasteiger partial charge on any atom is 0.291 e. The van der Waals surface area contributed by atoms with Gasteiger partial charge < -0.3 is 10.4 Å². The number of aliphatic hydroxyl groups excluding tert-OH is 1. The molecule has 0 aromatic carbocycles. The topological polar surface area (TPSA) is 95.7 Å². The third-order valence-corrected chi connectivity index (χ3v) is 1.70. The molecular weight excluding hydrogens is 174 g/mol. The smallest absolute Gasteiger partial charge is 0.291 e. The number of aliphatic hydroxyl groups is 1. The number of carbonyl (C=O) groups excluding carboxylic acids is 2. The van der Waals surface area contributed by atoms with Gasteiger partial charge in [-0.2, -0.15) is 0 Å². The highest BCUT2D eigenvalue weighted by Crippen LogP contribution is 2.06. The molecule has 1 saturated heterocycles. The van der Waals surface area contributed by atoms with Crippen molar-refractivity contribution >= 4 is 11.7 Å². The maximum absolute atomic E-state index is 11.1. The molecule has 6 heteroatoms. The molecule has 0 bridgehead atoms. The fraction of sp³-hybridized carbons (Fsp3) is 0.429. The Morgan fingerprint density at radius 1 is 1.69 bits per heavy atom. The minimum absolute atomic E-state index is 0.0115. The van der Waals surface area contributed by atoms with E-state index in [1.165, 1.54) is 0 Å². The normalized spacial score (nSPS) is 27.5. The third kappa shape index (κ3) is 1.67. The molecule has 0 saturated carbocycles. The lowest BCUT2D eigenvalue weighted by molar-refractivity contribution is -0.137. The average molecular weight is 183 g/mol. The van der Waals surface area contributed by atoms with Crippen LogP contribution in [0.1, 0.15) is 0 Å². The zero-order chi connectivity index (χ0) is 10.0. The van der Waals surface area contributed by atoms with Crippen LogP contribution >= 0.6 is 0 Å². The van der Waals surface area contributed by atoms with Gasteiger partial charge in [-0.1, -0.05) is 5.92 Å². The van der Waals surface area contributed by atoms with E-state index in [1.807, 2.05) is 5.32 Å². The van der Waals surface area contributed by atoms with E-state index in [0.717, 1.165) is 5.01 Å². The Bertz CT molecular complexity index is 283. The lowest BCUT2D eigenvalue weighted by Crippen LogP contribution is -2.50. The van der Waals surface area contributed by atoms with E-state index in [2.05, 4.69) is 5.92 Å². The van der Waals surface area contributed by atoms with Crippen molar-refractivity contribution < 1.29 is 14.7 Å². The summed E-state index contributed by atoms with van der Waals surface area (Å²) < 4.78 is 0. The third-order valence-electron chi connectivity index (χ3n) is 1.70. The second-order valence-corrected chi connectivity index (χ2v) is 2.60. The number of ketones is 1. The van der Waals surface area contributed by atoms with E-state index in [0.29, 0.717) is 0 Å². The maximum atomic E-state index is 11.1. The van der Waals surface area contributed by atoms with Gasteiger partial charge in [-0.3, -0.25) is 15.4 Å². The highest BCUT2D eigenvalue weighted by atomic mass is 16.3. The number of nitrogens with two attached hydrogens (primary N) is 1. The Hall–Kier alpha value is -1.42.